The molecule has 0 aromatic rings. The molecular weight excluding hydrogens is 202 g/mol. The average Bonchev–Trinajstić information content (AvgIpc) is 2.39. The van der Waals surface area contributed by atoms with Crippen LogP contribution in [0.4, 0.5) is 0 Å². The summed E-state index contributed by atoms with van der Waals surface area (Å²) in [7, 11) is 0. The molecule has 0 bridgehead atoms. The zero-order valence-corrected chi connectivity index (χ0v) is 9.77. The Balaban J connectivity index is 2.09. The maximum Gasteiger partial charge on any atom is 0.0594 e. The number of aliphatic hydroxyl groups is 1. The summed E-state index contributed by atoms with van der Waals surface area (Å²) < 4.78 is 5.37. The van der Waals surface area contributed by atoms with Crippen molar-refractivity contribution in [2.24, 2.45) is 5.92 Å². The Morgan fingerprint density at radius 1 is 1.50 bits per heavy atom. The van der Waals surface area contributed by atoms with Gasteiger partial charge in [0.05, 0.1) is 13.2 Å². The van der Waals surface area contributed by atoms with E-state index in [0.29, 0.717) is 12.0 Å². The number of rotatable bonds is 3. The smallest absolute Gasteiger partial charge is 0.0594 e. The highest BCUT2D eigenvalue weighted by molar-refractivity contribution is 5.22. The number of ether oxygens (including phenoxy) is 1. The van der Waals surface area contributed by atoms with Gasteiger partial charge in [-0.1, -0.05) is 24.3 Å². The highest BCUT2D eigenvalue weighted by atomic mass is 16.5. The van der Waals surface area contributed by atoms with Crippen molar-refractivity contribution in [1.29, 1.82) is 0 Å². The van der Waals surface area contributed by atoms with Crippen LogP contribution in [-0.2, 0) is 4.74 Å². The Morgan fingerprint density at radius 2 is 2.25 bits per heavy atom. The first-order chi connectivity index (χ1) is 7.85. The molecule has 0 amide bonds. The van der Waals surface area contributed by atoms with Crippen molar-refractivity contribution in [3.8, 4) is 0 Å². The first kappa shape index (κ1) is 11.8. The zero-order chi connectivity index (χ0) is 11.4. The molecule has 0 aromatic heterocycles. The van der Waals surface area contributed by atoms with Gasteiger partial charge in [-0.15, -0.1) is 0 Å². The molecule has 2 rings (SSSR count). The second-order valence-electron chi connectivity index (χ2n) is 4.57. The number of hydrogen-bond donors (Lipinski definition) is 1. The Kier molecular flexibility index (Phi) is 4.16. The summed E-state index contributed by atoms with van der Waals surface area (Å²) in [4.78, 5) is 2.42. The first-order valence-electron chi connectivity index (χ1n) is 6.11. The van der Waals surface area contributed by atoms with E-state index in [-0.39, 0.29) is 6.61 Å². The quantitative estimate of drug-likeness (QED) is 0.780. The molecule has 0 saturated carbocycles. The molecular formula is C13H21NO2. The van der Waals surface area contributed by atoms with E-state index in [9.17, 15) is 5.11 Å². The van der Waals surface area contributed by atoms with Crippen molar-refractivity contribution in [3.05, 3.63) is 24.3 Å². The predicted octanol–water partition coefficient (Wildman–Crippen LogP) is 1.20. The van der Waals surface area contributed by atoms with Crippen LogP contribution in [0.2, 0.25) is 0 Å². The van der Waals surface area contributed by atoms with E-state index in [4.69, 9.17) is 4.74 Å². The van der Waals surface area contributed by atoms with Gasteiger partial charge in [-0.3, -0.25) is 4.90 Å². The zero-order valence-electron chi connectivity index (χ0n) is 9.77. The van der Waals surface area contributed by atoms with Gasteiger partial charge in [0.15, 0.2) is 0 Å². The second kappa shape index (κ2) is 5.62. The molecule has 16 heavy (non-hydrogen) atoms. The monoisotopic (exact) mass is 223 g/mol. The van der Waals surface area contributed by atoms with Crippen LogP contribution in [0.25, 0.3) is 0 Å². The molecule has 2 atom stereocenters. The van der Waals surface area contributed by atoms with E-state index in [1.54, 1.807) is 0 Å². The van der Waals surface area contributed by atoms with Gasteiger partial charge in [-0.05, 0) is 12.8 Å². The fourth-order valence-corrected chi connectivity index (χ4v) is 2.61. The molecule has 90 valence electrons. The number of nitrogens with zero attached hydrogens (tertiary/aromatic N) is 1. The molecule has 0 radical (unpaired) electrons. The van der Waals surface area contributed by atoms with E-state index in [2.05, 4.69) is 17.6 Å². The topological polar surface area (TPSA) is 32.7 Å². The summed E-state index contributed by atoms with van der Waals surface area (Å²) in [5.74, 6) is 0.377. The lowest BCUT2D eigenvalue weighted by Crippen LogP contribution is -2.48. The Morgan fingerprint density at radius 3 is 2.88 bits per heavy atom. The molecule has 3 nitrogen and oxygen atoms in total. The van der Waals surface area contributed by atoms with Crippen LogP contribution in [-0.4, -0.2) is 49.0 Å². The molecule has 1 aliphatic heterocycles. The van der Waals surface area contributed by atoms with Crippen molar-refractivity contribution >= 4 is 0 Å². The highest BCUT2D eigenvalue weighted by Crippen LogP contribution is 2.28. The summed E-state index contributed by atoms with van der Waals surface area (Å²) >= 11 is 0. The molecule has 1 saturated heterocycles. The van der Waals surface area contributed by atoms with Crippen LogP contribution in [0.15, 0.2) is 24.3 Å². The van der Waals surface area contributed by atoms with Gasteiger partial charge in [0.2, 0.25) is 0 Å². The summed E-state index contributed by atoms with van der Waals surface area (Å²) in [6.45, 7) is 7.69. The lowest BCUT2D eigenvalue weighted by Gasteiger charge is -2.39. The molecule has 1 N–H and O–H groups in total. The fraction of sp³-hybridized carbons (Fsp3) is 0.692. The van der Waals surface area contributed by atoms with Crippen LogP contribution < -0.4 is 0 Å². The lowest BCUT2D eigenvalue weighted by atomic mass is 9.85. The largest absolute Gasteiger partial charge is 0.396 e. The first-order valence-corrected chi connectivity index (χ1v) is 6.11. The molecule has 1 heterocycles. The van der Waals surface area contributed by atoms with E-state index >= 15 is 0 Å². The van der Waals surface area contributed by atoms with Gasteiger partial charge in [0, 0.05) is 31.7 Å². The summed E-state index contributed by atoms with van der Waals surface area (Å²) in [5.41, 5.74) is 1.32. The third kappa shape index (κ3) is 2.54. The third-order valence-electron chi connectivity index (χ3n) is 3.64. The average molecular weight is 223 g/mol. The molecule has 0 spiro atoms. The van der Waals surface area contributed by atoms with E-state index < -0.39 is 0 Å². The summed E-state index contributed by atoms with van der Waals surface area (Å²) in [6.07, 6.45) is 6.34. The second-order valence-corrected chi connectivity index (χ2v) is 4.57. The minimum atomic E-state index is 0.281. The highest BCUT2D eigenvalue weighted by Gasteiger charge is 2.29. The molecule has 1 fully saturated rings. The van der Waals surface area contributed by atoms with E-state index in [0.717, 1.165) is 39.1 Å². The molecule has 1 aliphatic carbocycles. The summed E-state index contributed by atoms with van der Waals surface area (Å²) in [5, 5.41) is 9.44. The number of allylic oxidation sites excluding steroid dienone is 2. The van der Waals surface area contributed by atoms with Gasteiger partial charge >= 0.3 is 0 Å². The maximum atomic E-state index is 9.44. The number of hydrogen-bond acceptors (Lipinski definition) is 3. The minimum absolute atomic E-state index is 0.281. The van der Waals surface area contributed by atoms with E-state index in [1.165, 1.54) is 5.57 Å². The molecule has 2 aliphatic rings. The molecule has 3 heteroatoms. The third-order valence-corrected chi connectivity index (χ3v) is 3.64. The van der Waals surface area contributed by atoms with Gasteiger partial charge in [0.1, 0.15) is 0 Å². The van der Waals surface area contributed by atoms with E-state index in [1.807, 2.05) is 6.08 Å². The summed E-state index contributed by atoms with van der Waals surface area (Å²) in [6, 6.07) is 0.371. The van der Waals surface area contributed by atoms with Crippen molar-refractivity contribution in [2.45, 2.75) is 18.9 Å². The Labute approximate surface area is 97.4 Å². The van der Waals surface area contributed by atoms with Crippen molar-refractivity contribution in [1.82, 2.24) is 4.90 Å². The van der Waals surface area contributed by atoms with Crippen LogP contribution in [0, 0.1) is 5.92 Å². The number of morpholine rings is 1. The SMILES string of the molecule is C=CC1=C[C@@H](N2CCOCC2)[C@@H](CO)CC1. The molecule has 0 aromatic carbocycles. The van der Waals surface area contributed by atoms with Crippen LogP contribution in [0.3, 0.4) is 0 Å². The Hall–Kier alpha value is -0.640. The van der Waals surface area contributed by atoms with Gasteiger partial charge in [0.25, 0.3) is 0 Å². The van der Waals surface area contributed by atoms with Gasteiger partial charge in [-0.2, -0.15) is 0 Å². The van der Waals surface area contributed by atoms with Crippen LogP contribution in [0.5, 0.6) is 0 Å². The van der Waals surface area contributed by atoms with Crippen molar-refractivity contribution in [2.75, 3.05) is 32.9 Å². The van der Waals surface area contributed by atoms with Gasteiger partial charge < -0.3 is 9.84 Å². The standard InChI is InChI=1S/C13H21NO2/c1-2-11-3-4-12(10-15)13(9-11)14-5-7-16-8-6-14/h2,9,12-13,15H,1,3-8,10H2/t12-,13-/m1/s1. The van der Waals surface area contributed by atoms with Crippen molar-refractivity contribution in [3.63, 3.8) is 0 Å². The number of aliphatic hydroxyl groups excluding tert-OH is 1. The maximum absolute atomic E-state index is 9.44. The molecule has 0 unspecified atom stereocenters. The fourth-order valence-electron chi connectivity index (χ4n) is 2.61. The Bertz CT molecular complexity index is 269. The lowest BCUT2D eigenvalue weighted by molar-refractivity contribution is 0.00450. The normalized spacial score (nSPS) is 32.2. The van der Waals surface area contributed by atoms with Gasteiger partial charge in [-0.25, -0.2) is 0 Å². The predicted molar refractivity (Wildman–Crippen MR) is 64.3 cm³/mol. The van der Waals surface area contributed by atoms with Crippen LogP contribution in [0.1, 0.15) is 12.8 Å². The van der Waals surface area contributed by atoms with Crippen LogP contribution >= 0.6 is 0 Å². The van der Waals surface area contributed by atoms with Crippen molar-refractivity contribution < 1.29 is 9.84 Å². The minimum Gasteiger partial charge on any atom is -0.396 e.